The molecular formula is C10H20ClNO. The summed E-state index contributed by atoms with van der Waals surface area (Å²) < 4.78 is 0. The van der Waals surface area contributed by atoms with E-state index in [2.05, 4.69) is 5.32 Å². The van der Waals surface area contributed by atoms with Gasteiger partial charge in [0.2, 0.25) is 5.91 Å². The normalized spacial score (nSPS) is 15.3. The van der Waals surface area contributed by atoms with Crippen molar-refractivity contribution >= 4 is 17.5 Å². The van der Waals surface area contributed by atoms with Crippen LogP contribution in [0, 0.1) is 5.41 Å². The molecule has 0 rings (SSSR count). The predicted molar refractivity (Wildman–Crippen MR) is 57.0 cm³/mol. The van der Waals surface area contributed by atoms with Crippen molar-refractivity contribution in [2.45, 2.75) is 52.5 Å². The maximum atomic E-state index is 11.6. The van der Waals surface area contributed by atoms with Gasteiger partial charge in [-0.25, -0.2) is 0 Å². The fourth-order valence-corrected chi connectivity index (χ4v) is 0.881. The van der Waals surface area contributed by atoms with Crippen molar-refractivity contribution in [3.05, 3.63) is 0 Å². The average molecular weight is 206 g/mol. The average Bonchev–Trinajstić information content (AvgIpc) is 1.79. The Hall–Kier alpha value is -0.240. The fraction of sp³-hybridized carbons (Fsp3) is 0.900. The zero-order valence-corrected chi connectivity index (χ0v) is 10.1. The third-order valence-electron chi connectivity index (χ3n) is 1.49. The van der Waals surface area contributed by atoms with Gasteiger partial charge >= 0.3 is 0 Å². The summed E-state index contributed by atoms with van der Waals surface area (Å²) in [6.07, 6.45) is 0. The molecule has 13 heavy (non-hydrogen) atoms. The Bertz CT molecular complexity index is 188. The highest BCUT2D eigenvalue weighted by molar-refractivity contribution is 6.31. The van der Waals surface area contributed by atoms with Gasteiger partial charge in [0.05, 0.1) is 0 Å². The SMILES string of the molecule is CC(C)(C)NC(=O)C(Cl)C(C)(C)C. The molecule has 0 aromatic carbocycles. The number of hydrogen-bond donors (Lipinski definition) is 1. The Morgan fingerprint density at radius 2 is 1.54 bits per heavy atom. The molecule has 0 aliphatic rings. The van der Waals surface area contributed by atoms with Gasteiger partial charge in [0.1, 0.15) is 5.38 Å². The monoisotopic (exact) mass is 205 g/mol. The molecule has 1 N–H and O–H groups in total. The van der Waals surface area contributed by atoms with Crippen LogP contribution in [0.2, 0.25) is 0 Å². The van der Waals surface area contributed by atoms with E-state index in [0.29, 0.717) is 0 Å². The number of carbonyl (C=O) groups excluding carboxylic acids is 1. The Morgan fingerprint density at radius 1 is 1.15 bits per heavy atom. The van der Waals surface area contributed by atoms with Gasteiger partial charge in [0.15, 0.2) is 0 Å². The molecule has 0 spiro atoms. The Kier molecular flexibility index (Phi) is 3.80. The predicted octanol–water partition coefficient (Wildman–Crippen LogP) is 2.55. The molecule has 78 valence electrons. The van der Waals surface area contributed by atoms with Crippen molar-refractivity contribution in [2.24, 2.45) is 5.41 Å². The van der Waals surface area contributed by atoms with Crippen LogP contribution < -0.4 is 5.32 Å². The standard InChI is InChI=1S/C10H20ClNO/c1-9(2,3)7(11)8(13)12-10(4,5)6/h7H,1-6H3,(H,12,13). The molecule has 0 radical (unpaired) electrons. The summed E-state index contributed by atoms with van der Waals surface area (Å²) >= 11 is 6.00. The van der Waals surface area contributed by atoms with Crippen LogP contribution in [0.1, 0.15) is 41.5 Å². The molecule has 0 bridgehead atoms. The van der Waals surface area contributed by atoms with E-state index in [0.717, 1.165) is 0 Å². The molecule has 0 aromatic rings. The largest absolute Gasteiger partial charge is 0.350 e. The van der Waals surface area contributed by atoms with Crippen LogP contribution in [0.4, 0.5) is 0 Å². The number of carbonyl (C=O) groups is 1. The van der Waals surface area contributed by atoms with E-state index >= 15 is 0 Å². The van der Waals surface area contributed by atoms with Crippen molar-refractivity contribution in [1.29, 1.82) is 0 Å². The second-order valence-corrected chi connectivity index (χ2v) is 5.90. The highest BCUT2D eigenvalue weighted by atomic mass is 35.5. The number of nitrogens with one attached hydrogen (secondary N) is 1. The van der Waals surface area contributed by atoms with E-state index in [4.69, 9.17) is 11.6 Å². The van der Waals surface area contributed by atoms with Gasteiger partial charge in [0, 0.05) is 5.54 Å². The molecule has 1 amide bonds. The second-order valence-electron chi connectivity index (χ2n) is 5.47. The minimum absolute atomic E-state index is 0.0957. The smallest absolute Gasteiger partial charge is 0.238 e. The summed E-state index contributed by atoms with van der Waals surface area (Å²) in [5, 5.41) is 2.37. The molecular weight excluding hydrogens is 186 g/mol. The highest BCUT2D eigenvalue weighted by Crippen LogP contribution is 2.24. The van der Waals surface area contributed by atoms with Crippen molar-refractivity contribution < 1.29 is 4.79 Å². The van der Waals surface area contributed by atoms with Gasteiger partial charge in [-0.3, -0.25) is 4.79 Å². The third-order valence-corrected chi connectivity index (χ3v) is 2.34. The fourth-order valence-electron chi connectivity index (χ4n) is 0.826. The van der Waals surface area contributed by atoms with Gasteiger partial charge in [-0.05, 0) is 26.2 Å². The van der Waals surface area contributed by atoms with Crippen LogP contribution in [-0.4, -0.2) is 16.8 Å². The first kappa shape index (κ1) is 12.8. The van der Waals surface area contributed by atoms with Gasteiger partial charge in [-0.2, -0.15) is 0 Å². The lowest BCUT2D eigenvalue weighted by Gasteiger charge is -2.28. The van der Waals surface area contributed by atoms with E-state index in [1.807, 2.05) is 41.5 Å². The van der Waals surface area contributed by atoms with Crippen LogP contribution in [0.5, 0.6) is 0 Å². The minimum Gasteiger partial charge on any atom is -0.350 e. The van der Waals surface area contributed by atoms with Crippen molar-refractivity contribution in [3.63, 3.8) is 0 Å². The van der Waals surface area contributed by atoms with E-state index in [-0.39, 0.29) is 16.9 Å². The summed E-state index contributed by atoms with van der Waals surface area (Å²) in [6.45, 7) is 11.7. The molecule has 0 heterocycles. The third kappa shape index (κ3) is 5.14. The van der Waals surface area contributed by atoms with E-state index in [1.54, 1.807) is 0 Å². The van der Waals surface area contributed by atoms with Crippen molar-refractivity contribution in [1.82, 2.24) is 5.32 Å². The van der Waals surface area contributed by atoms with Crippen LogP contribution in [-0.2, 0) is 4.79 Å². The number of amides is 1. The Morgan fingerprint density at radius 3 is 1.77 bits per heavy atom. The Balaban J connectivity index is 4.30. The van der Waals surface area contributed by atoms with Crippen LogP contribution in [0.3, 0.4) is 0 Å². The molecule has 3 heteroatoms. The first-order valence-corrected chi connectivity index (χ1v) is 4.94. The summed E-state index contributed by atoms with van der Waals surface area (Å²) in [4.78, 5) is 11.6. The maximum Gasteiger partial charge on any atom is 0.238 e. The number of rotatable bonds is 1. The van der Waals surface area contributed by atoms with Gasteiger partial charge < -0.3 is 5.32 Å². The van der Waals surface area contributed by atoms with Gasteiger partial charge in [-0.1, -0.05) is 20.8 Å². The van der Waals surface area contributed by atoms with Crippen molar-refractivity contribution in [3.8, 4) is 0 Å². The summed E-state index contributed by atoms with van der Waals surface area (Å²) in [7, 11) is 0. The molecule has 0 fully saturated rings. The van der Waals surface area contributed by atoms with Gasteiger partial charge in [-0.15, -0.1) is 11.6 Å². The first-order chi connectivity index (χ1) is 5.54. The lowest BCUT2D eigenvalue weighted by atomic mass is 9.90. The molecule has 0 aliphatic heterocycles. The van der Waals surface area contributed by atoms with E-state index in [9.17, 15) is 4.79 Å². The highest BCUT2D eigenvalue weighted by Gasteiger charge is 2.30. The number of alkyl halides is 1. The number of hydrogen-bond acceptors (Lipinski definition) is 1. The molecule has 0 aliphatic carbocycles. The topological polar surface area (TPSA) is 29.1 Å². The molecule has 0 saturated carbocycles. The van der Waals surface area contributed by atoms with Crippen LogP contribution in [0.15, 0.2) is 0 Å². The molecule has 0 aromatic heterocycles. The van der Waals surface area contributed by atoms with Crippen LogP contribution in [0.25, 0.3) is 0 Å². The lowest BCUT2D eigenvalue weighted by Crippen LogP contribution is -2.47. The maximum absolute atomic E-state index is 11.6. The van der Waals surface area contributed by atoms with E-state index in [1.165, 1.54) is 0 Å². The quantitative estimate of drug-likeness (QED) is 0.655. The van der Waals surface area contributed by atoms with Crippen molar-refractivity contribution in [2.75, 3.05) is 0 Å². The zero-order valence-electron chi connectivity index (χ0n) is 9.36. The molecule has 2 nitrogen and oxygen atoms in total. The number of halogens is 1. The zero-order chi connectivity index (χ0) is 10.9. The molecule has 1 atom stereocenters. The summed E-state index contributed by atoms with van der Waals surface area (Å²) in [6, 6.07) is 0. The molecule has 1 unspecified atom stereocenters. The van der Waals surface area contributed by atoms with Gasteiger partial charge in [0.25, 0.3) is 0 Å². The lowest BCUT2D eigenvalue weighted by molar-refractivity contribution is -0.123. The first-order valence-electron chi connectivity index (χ1n) is 4.50. The summed E-state index contributed by atoms with van der Waals surface area (Å²) in [5.74, 6) is -0.0957. The Labute approximate surface area is 86.0 Å². The minimum atomic E-state index is -0.480. The summed E-state index contributed by atoms with van der Waals surface area (Å²) in [5.41, 5.74) is -0.410. The van der Waals surface area contributed by atoms with Crippen LogP contribution >= 0.6 is 11.6 Å². The molecule has 0 saturated heterocycles. The second kappa shape index (κ2) is 3.87. The van der Waals surface area contributed by atoms with E-state index < -0.39 is 5.38 Å².